The molecule has 2 aliphatic rings. The number of ether oxygens (including phenoxy) is 1. The fourth-order valence-electron chi connectivity index (χ4n) is 4.66. The van der Waals surface area contributed by atoms with Crippen molar-refractivity contribution in [1.82, 2.24) is 15.1 Å². The highest BCUT2D eigenvalue weighted by molar-refractivity contribution is 7.12. The zero-order valence-electron chi connectivity index (χ0n) is 19.0. The van der Waals surface area contributed by atoms with Crippen molar-refractivity contribution >= 4 is 29.1 Å². The molecule has 1 N–H and O–H groups in total. The average Bonchev–Trinajstić information content (AvgIpc) is 3.42. The Morgan fingerprint density at radius 2 is 1.67 bits per heavy atom. The van der Waals surface area contributed by atoms with Crippen molar-refractivity contribution in [1.29, 1.82) is 0 Å². The number of hydrogen-bond donors (Lipinski definition) is 1. The van der Waals surface area contributed by atoms with Crippen molar-refractivity contribution < 1.29 is 19.1 Å². The molecule has 176 valence electrons. The molecule has 2 aliphatic heterocycles. The van der Waals surface area contributed by atoms with Crippen LogP contribution in [0, 0.1) is 5.92 Å². The second-order valence-electron chi connectivity index (χ2n) is 8.67. The molecule has 8 heteroatoms. The van der Waals surface area contributed by atoms with E-state index in [1.54, 1.807) is 37.4 Å². The Balaban J connectivity index is 1.43. The van der Waals surface area contributed by atoms with Crippen LogP contribution >= 0.6 is 11.3 Å². The Bertz CT molecular complexity index is 947. The lowest BCUT2D eigenvalue weighted by atomic mass is 9.87. The van der Waals surface area contributed by atoms with Gasteiger partial charge in [0.2, 0.25) is 5.91 Å². The number of carbonyl (C=O) groups excluding carboxylic acids is 3. The van der Waals surface area contributed by atoms with Gasteiger partial charge in [-0.15, -0.1) is 11.3 Å². The summed E-state index contributed by atoms with van der Waals surface area (Å²) in [6.07, 6.45) is 4.51. The fraction of sp³-hybridized carbons (Fsp3) is 0.480. The van der Waals surface area contributed by atoms with Gasteiger partial charge in [0.25, 0.3) is 11.8 Å². The number of rotatable bonds is 6. The largest absolute Gasteiger partial charge is 0.497 e. The Morgan fingerprint density at radius 1 is 0.970 bits per heavy atom. The van der Waals surface area contributed by atoms with E-state index < -0.39 is 6.04 Å². The van der Waals surface area contributed by atoms with Crippen molar-refractivity contribution in [3.63, 3.8) is 0 Å². The molecule has 0 bridgehead atoms. The van der Waals surface area contributed by atoms with Crippen molar-refractivity contribution in [3.8, 4) is 5.75 Å². The summed E-state index contributed by atoms with van der Waals surface area (Å²) in [5.74, 6) is 0.517. The van der Waals surface area contributed by atoms with E-state index in [0.29, 0.717) is 42.1 Å². The van der Waals surface area contributed by atoms with Crippen LogP contribution in [-0.2, 0) is 4.79 Å². The third-order valence-corrected chi connectivity index (χ3v) is 7.47. The maximum atomic E-state index is 13.4. The van der Waals surface area contributed by atoms with Crippen LogP contribution in [0.5, 0.6) is 5.75 Å². The molecule has 0 spiro atoms. The smallest absolute Gasteiger partial charge is 0.262 e. The molecule has 0 saturated carbocycles. The number of thiophene rings is 1. The first-order valence-electron chi connectivity index (χ1n) is 11.6. The van der Waals surface area contributed by atoms with Crippen molar-refractivity contribution in [3.05, 3.63) is 52.2 Å². The highest BCUT2D eigenvalue weighted by Gasteiger charge is 2.36. The van der Waals surface area contributed by atoms with Crippen LogP contribution in [0.15, 0.2) is 41.8 Å². The van der Waals surface area contributed by atoms with Crippen LogP contribution in [0.1, 0.15) is 52.1 Å². The first kappa shape index (κ1) is 23.3. The number of piperidine rings is 2. The molecule has 4 rings (SSSR count). The molecule has 0 radical (unpaired) electrons. The highest BCUT2D eigenvalue weighted by Crippen LogP contribution is 2.25. The molecule has 33 heavy (non-hydrogen) atoms. The minimum Gasteiger partial charge on any atom is -0.497 e. The van der Waals surface area contributed by atoms with Gasteiger partial charge in [-0.25, -0.2) is 0 Å². The zero-order valence-corrected chi connectivity index (χ0v) is 19.8. The van der Waals surface area contributed by atoms with Gasteiger partial charge in [0.1, 0.15) is 11.8 Å². The number of benzene rings is 1. The van der Waals surface area contributed by atoms with Crippen LogP contribution in [0.25, 0.3) is 0 Å². The van der Waals surface area contributed by atoms with Crippen molar-refractivity contribution in [2.75, 3.05) is 33.3 Å². The molecule has 2 fully saturated rings. The number of hydrogen-bond acceptors (Lipinski definition) is 5. The summed E-state index contributed by atoms with van der Waals surface area (Å²) >= 11 is 1.37. The first-order chi connectivity index (χ1) is 16.1. The average molecular weight is 470 g/mol. The molecule has 2 saturated heterocycles. The molecule has 1 atom stereocenters. The summed E-state index contributed by atoms with van der Waals surface area (Å²) in [6.45, 7) is 2.63. The Morgan fingerprint density at radius 3 is 2.27 bits per heavy atom. The molecule has 1 aromatic heterocycles. The topological polar surface area (TPSA) is 79.0 Å². The second kappa shape index (κ2) is 10.8. The minimum absolute atomic E-state index is 0.00301. The predicted octanol–water partition coefficient (Wildman–Crippen LogP) is 3.42. The van der Waals surface area contributed by atoms with Crippen LogP contribution in [0.4, 0.5) is 0 Å². The number of amides is 3. The van der Waals surface area contributed by atoms with Crippen LogP contribution in [-0.4, -0.2) is 66.9 Å². The lowest BCUT2D eigenvalue weighted by molar-refractivity contribution is -0.136. The van der Waals surface area contributed by atoms with Gasteiger partial charge >= 0.3 is 0 Å². The van der Waals surface area contributed by atoms with Crippen LogP contribution in [0.2, 0.25) is 0 Å². The molecule has 1 unspecified atom stereocenters. The SMILES string of the molecule is COc1ccc(C(=O)N2CCC(C(NC(=O)c3cccs3)C(=O)N3CCCCC3)CC2)cc1. The van der Waals surface area contributed by atoms with E-state index in [4.69, 9.17) is 4.74 Å². The maximum Gasteiger partial charge on any atom is 0.262 e. The van der Waals surface area contributed by atoms with E-state index in [0.717, 1.165) is 32.4 Å². The summed E-state index contributed by atoms with van der Waals surface area (Å²) in [5.41, 5.74) is 0.626. The first-order valence-corrected chi connectivity index (χ1v) is 12.5. The number of methoxy groups -OCH3 is 1. The molecule has 2 aromatic rings. The monoisotopic (exact) mass is 469 g/mol. The Labute approximate surface area is 198 Å². The molecule has 1 aromatic carbocycles. The summed E-state index contributed by atoms with van der Waals surface area (Å²) in [6, 6.07) is 10.2. The van der Waals surface area contributed by atoms with E-state index in [1.165, 1.54) is 11.3 Å². The van der Waals surface area contributed by atoms with Crippen molar-refractivity contribution in [2.24, 2.45) is 5.92 Å². The second-order valence-corrected chi connectivity index (χ2v) is 9.62. The lowest BCUT2D eigenvalue weighted by Crippen LogP contribution is -2.55. The van der Waals surface area contributed by atoms with Gasteiger partial charge in [0.15, 0.2) is 0 Å². The Kier molecular flexibility index (Phi) is 7.65. The summed E-state index contributed by atoms with van der Waals surface area (Å²) in [4.78, 5) is 43.5. The number of carbonyl (C=O) groups is 3. The van der Waals surface area contributed by atoms with Gasteiger partial charge in [-0.05, 0) is 73.7 Å². The fourth-order valence-corrected chi connectivity index (χ4v) is 5.29. The predicted molar refractivity (Wildman–Crippen MR) is 128 cm³/mol. The van der Waals surface area contributed by atoms with E-state index in [1.807, 2.05) is 21.2 Å². The summed E-state index contributed by atoms with van der Waals surface area (Å²) in [7, 11) is 1.60. The van der Waals surface area contributed by atoms with Gasteiger partial charge in [0, 0.05) is 31.7 Å². The molecule has 7 nitrogen and oxygen atoms in total. The molecular weight excluding hydrogens is 438 g/mol. The van der Waals surface area contributed by atoms with E-state index in [9.17, 15) is 14.4 Å². The van der Waals surface area contributed by atoms with Gasteiger partial charge in [-0.1, -0.05) is 6.07 Å². The normalized spacial score (nSPS) is 18.0. The summed E-state index contributed by atoms with van der Waals surface area (Å²) in [5, 5.41) is 4.90. The number of likely N-dealkylation sites (tertiary alicyclic amines) is 2. The molecule has 3 heterocycles. The van der Waals surface area contributed by atoms with Crippen LogP contribution < -0.4 is 10.1 Å². The standard InChI is InChI=1S/C25H31N3O4S/c1-32-20-9-7-19(8-10-20)24(30)28-15-11-18(12-16-28)22(25(31)27-13-3-2-4-14-27)26-23(29)21-6-5-17-33-21/h5-10,17-18,22H,2-4,11-16H2,1H3,(H,26,29). The molecular formula is C25H31N3O4S. The Hall–Kier alpha value is -2.87. The highest BCUT2D eigenvalue weighted by atomic mass is 32.1. The third kappa shape index (κ3) is 5.55. The maximum absolute atomic E-state index is 13.4. The summed E-state index contributed by atoms with van der Waals surface area (Å²) < 4.78 is 5.17. The zero-order chi connectivity index (χ0) is 23.2. The number of nitrogens with zero attached hydrogens (tertiary/aromatic N) is 2. The van der Waals surface area contributed by atoms with Gasteiger partial charge in [-0.2, -0.15) is 0 Å². The van der Waals surface area contributed by atoms with E-state index >= 15 is 0 Å². The minimum atomic E-state index is -0.559. The van der Waals surface area contributed by atoms with Gasteiger partial charge in [0.05, 0.1) is 12.0 Å². The lowest BCUT2D eigenvalue weighted by Gasteiger charge is -2.38. The van der Waals surface area contributed by atoms with E-state index in [2.05, 4.69) is 5.32 Å². The quantitative estimate of drug-likeness (QED) is 0.703. The molecule has 0 aliphatic carbocycles. The van der Waals surface area contributed by atoms with Crippen molar-refractivity contribution in [2.45, 2.75) is 38.1 Å². The van der Waals surface area contributed by atoms with Gasteiger partial charge in [-0.3, -0.25) is 14.4 Å². The van der Waals surface area contributed by atoms with Crippen LogP contribution in [0.3, 0.4) is 0 Å². The van der Waals surface area contributed by atoms with Gasteiger partial charge < -0.3 is 19.9 Å². The van der Waals surface area contributed by atoms with E-state index in [-0.39, 0.29) is 23.6 Å². The number of nitrogens with one attached hydrogen (secondary N) is 1. The molecule has 3 amide bonds. The third-order valence-electron chi connectivity index (χ3n) is 6.60.